The first kappa shape index (κ1) is 13.0. The number of aliphatic hydroxyl groups is 1. The van der Waals surface area contributed by atoms with Crippen molar-refractivity contribution in [1.82, 2.24) is 14.8 Å². The number of nitrogens with zero attached hydrogens (tertiary/aromatic N) is 3. The fraction of sp³-hybridized carbons (Fsp3) is 0.250. The monoisotopic (exact) mass is 262 g/mol. The van der Waals surface area contributed by atoms with Crippen LogP contribution in [0.1, 0.15) is 22.3 Å². The standard InChI is InChI=1S/C12H14N4O3/c1-19-12(18)11-14-7-16(15-11)6-10(17)8-2-4-9(13)5-3-8/h2-5,7,10,17H,6,13H2,1H3. The van der Waals surface area contributed by atoms with E-state index in [-0.39, 0.29) is 12.4 Å². The SMILES string of the molecule is COC(=O)c1ncn(CC(O)c2ccc(N)cc2)n1. The number of esters is 1. The predicted octanol–water partition coefficient (Wildman–Crippen LogP) is 0.381. The number of nitrogens with two attached hydrogens (primary N) is 1. The Morgan fingerprint density at radius 3 is 2.79 bits per heavy atom. The molecule has 1 aromatic heterocycles. The van der Waals surface area contributed by atoms with Gasteiger partial charge in [0.1, 0.15) is 6.33 Å². The van der Waals surface area contributed by atoms with Crippen LogP contribution in [0, 0.1) is 0 Å². The van der Waals surface area contributed by atoms with Crippen molar-refractivity contribution in [2.24, 2.45) is 0 Å². The quantitative estimate of drug-likeness (QED) is 0.610. The summed E-state index contributed by atoms with van der Waals surface area (Å²) in [5.41, 5.74) is 6.91. The molecule has 0 radical (unpaired) electrons. The third kappa shape index (κ3) is 3.08. The van der Waals surface area contributed by atoms with Crippen molar-refractivity contribution < 1.29 is 14.6 Å². The Morgan fingerprint density at radius 1 is 1.47 bits per heavy atom. The number of carbonyl (C=O) groups is 1. The average molecular weight is 262 g/mol. The Morgan fingerprint density at radius 2 is 2.16 bits per heavy atom. The van der Waals surface area contributed by atoms with Gasteiger partial charge in [0.05, 0.1) is 19.8 Å². The van der Waals surface area contributed by atoms with Crippen LogP contribution in [0.25, 0.3) is 0 Å². The third-order valence-corrected chi connectivity index (χ3v) is 2.59. The number of carbonyl (C=O) groups excluding carboxylic acids is 1. The summed E-state index contributed by atoms with van der Waals surface area (Å²) in [7, 11) is 1.26. The van der Waals surface area contributed by atoms with Gasteiger partial charge in [0.2, 0.25) is 0 Å². The van der Waals surface area contributed by atoms with Gasteiger partial charge in [-0.05, 0) is 17.7 Å². The number of hydrogen-bond donors (Lipinski definition) is 2. The van der Waals surface area contributed by atoms with Crippen LogP contribution in [0.15, 0.2) is 30.6 Å². The summed E-state index contributed by atoms with van der Waals surface area (Å²) in [6.07, 6.45) is 0.611. The van der Waals surface area contributed by atoms with Crippen molar-refractivity contribution in [1.29, 1.82) is 0 Å². The van der Waals surface area contributed by atoms with E-state index in [0.717, 1.165) is 0 Å². The molecule has 0 fully saturated rings. The summed E-state index contributed by atoms with van der Waals surface area (Å²) in [4.78, 5) is 15.0. The molecule has 1 unspecified atom stereocenters. The average Bonchev–Trinajstić information content (AvgIpc) is 2.87. The number of rotatable bonds is 4. The highest BCUT2D eigenvalue weighted by atomic mass is 16.5. The maximum atomic E-state index is 11.2. The highest BCUT2D eigenvalue weighted by Crippen LogP contribution is 2.16. The van der Waals surface area contributed by atoms with Gasteiger partial charge < -0.3 is 15.6 Å². The number of hydrogen-bond acceptors (Lipinski definition) is 6. The van der Waals surface area contributed by atoms with E-state index in [1.165, 1.54) is 18.1 Å². The zero-order chi connectivity index (χ0) is 13.8. The molecule has 1 aromatic carbocycles. The lowest BCUT2D eigenvalue weighted by atomic mass is 10.1. The second-order valence-electron chi connectivity index (χ2n) is 3.96. The summed E-state index contributed by atoms with van der Waals surface area (Å²) in [6, 6.07) is 6.88. The third-order valence-electron chi connectivity index (χ3n) is 2.59. The minimum Gasteiger partial charge on any atom is -0.463 e. The van der Waals surface area contributed by atoms with Gasteiger partial charge in [-0.25, -0.2) is 14.5 Å². The van der Waals surface area contributed by atoms with Crippen LogP contribution in [0.2, 0.25) is 0 Å². The normalized spacial score (nSPS) is 12.1. The van der Waals surface area contributed by atoms with E-state index in [2.05, 4.69) is 14.8 Å². The molecule has 0 bridgehead atoms. The van der Waals surface area contributed by atoms with Gasteiger partial charge in [0.15, 0.2) is 0 Å². The second-order valence-corrected chi connectivity index (χ2v) is 3.96. The summed E-state index contributed by atoms with van der Waals surface area (Å²) in [5, 5.41) is 13.9. The summed E-state index contributed by atoms with van der Waals surface area (Å²) >= 11 is 0. The first-order valence-corrected chi connectivity index (χ1v) is 5.61. The second kappa shape index (κ2) is 5.49. The van der Waals surface area contributed by atoms with Gasteiger partial charge in [0, 0.05) is 5.69 Å². The van der Waals surface area contributed by atoms with Crippen LogP contribution in [-0.2, 0) is 11.3 Å². The van der Waals surface area contributed by atoms with E-state index < -0.39 is 12.1 Å². The molecule has 0 aliphatic rings. The van der Waals surface area contributed by atoms with Crippen molar-refractivity contribution in [3.63, 3.8) is 0 Å². The first-order chi connectivity index (χ1) is 9.10. The molecular weight excluding hydrogens is 248 g/mol. The van der Waals surface area contributed by atoms with Crippen molar-refractivity contribution >= 4 is 11.7 Å². The topological polar surface area (TPSA) is 103 Å². The molecule has 0 spiro atoms. The maximum absolute atomic E-state index is 11.2. The molecule has 2 aromatic rings. The fourth-order valence-corrected chi connectivity index (χ4v) is 1.57. The molecule has 0 saturated heterocycles. The Labute approximate surface area is 109 Å². The van der Waals surface area contributed by atoms with Crippen LogP contribution in [0.4, 0.5) is 5.69 Å². The van der Waals surface area contributed by atoms with E-state index in [9.17, 15) is 9.90 Å². The van der Waals surface area contributed by atoms with Gasteiger partial charge >= 0.3 is 5.97 Å². The van der Waals surface area contributed by atoms with Crippen molar-refractivity contribution in [2.75, 3.05) is 12.8 Å². The number of anilines is 1. The summed E-state index contributed by atoms with van der Waals surface area (Å²) in [6.45, 7) is 0.188. The first-order valence-electron chi connectivity index (χ1n) is 5.61. The minimum atomic E-state index is -0.757. The molecule has 0 saturated carbocycles. The van der Waals surface area contributed by atoms with Crippen LogP contribution in [-0.4, -0.2) is 33.0 Å². The highest BCUT2D eigenvalue weighted by Gasteiger charge is 2.14. The lowest BCUT2D eigenvalue weighted by Crippen LogP contribution is -2.11. The number of aromatic nitrogens is 3. The minimum absolute atomic E-state index is 0.0352. The zero-order valence-electron chi connectivity index (χ0n) is 10.4. The lowest BCUT2D eigenvalue weighted by molar-refractivity contribution is 0.0585. The van der Waals surface area contributed by atoms with E-state index in [1.54, 1.807) is 24.3 Å². The van der Waals surface area contributed by atoms with Gasteiger partial charge in [-0.3, -0.25) is 0 Å². The Kier molecular flexibility index (Phi) is 3.76. The Balaban J connectivity index is 2.06. The molecule has 0 aliphatic carbocycles. The number of benzene rings is 1. The van der Waals surface area contributed by atoms with Gasteiger partial charge in [-0.1, -0.05) is 12.1 Å². The van der Waals surface area contributed by atoms with Crippen LogP contribution >= 0.6 is 0 Å². The molecule has 2 rings (SSSR count). The smallest absolute Gasteiger partial charge is 0.377 e. The van der Waals surface area contributed by atoms with Gasteiger partial charge in [-0.2, -0.15) is 0 Å². The largest absolute Gasteiger partial charge is 0.463 e. The number of aliphatic hydroxyl groups excluding tert-OH is 1. The predicted molar refractivity (Wildman–Crippen MR) is 67.2 cm³/mol. The van der Waals surface area contributed by atoms with Crippen LogP contribution in [0.3, 0.4) is 0 Å². The van der Waals surface area contributed by atoms with E-state index in [1.807, 2.05) is 0 Å². The van der Waals surface area contributed by atoms with E-state index >= 15 is 0 Å². The summed E-state index contributed by atoms with van der Waals surface area (Å²) in [5.74, 6) is -0.646. The molecule has 0 amide bonds. The van der Waals surface area contributed by atoms with Crippen molar-refractivity contribution in [3.8, 4) is 0 Å². The molecule has 0 aliphatic heterocycles. The summed E-state index contributed by atoms with van der Waals surface area (Å²) < 4.78 is 5.88. The van der Waals surface area contributed by atoms with Crippen LogP contribution < -0.4 is 5.73 Å². The number of ether oxygens (including phenoxy) is 1. The lowest BCUT2D eigenvalue weighted by Gasteiger charge is -2.10. The van der Waals surface area contributed by atoms with Crippen LogP contribution in [0.5, 0.6) is 0 Å². The molecule has 1 heterocycles. The van der Waals surface area contributed by atoms with E-state index in [0.29, 0.717) is 11.3 Å². The fourth-order valence-electron chi connectivity index (χ4n) is 1.57. The number of methoxy groups -OCH3 is 1. The Bertz CT molecular complexity index is 565. The molecular formula is C12H14N4O3. The Hall–Kier alpha value is -2.41. The molecule has 19 heavy (non-hydrogen) atoms. The molecule has 7 heteroatoms. The van der Waals surface area contributed by atoms with Crippen molar-refractivity contribution in [3.05, 3.63) is 42.0 Å². The molecule has 7 nitrogen and oxygen atoms in total. The van der Waals surface area contributed by atoms with Gasteiger partial charge in [0.25, 0.3) is 5.82 Å². The maximum Gasteiger partial charge on any atom is 0.377 e. The van der Waals surface area contributed by atoms with E-state index in [4.69, 9.17) is 5.73 Å². The van der Waals surface area contributed by atoms with Crippen molar-refractivity contribution in [2.45, 2.75) is 12.6 Å². The number of nitrogen functional groups attached to an aromatic ring is 1. The zero-order valence-corrected chi connectivity index (χ0v) is 10.4. The molecule has 1 atom stereocenters. The van der Waals surface area contributed by atoms with Gasteiger partial charge in [-0.15, -0.1) is 5.10 Å². The molecule has 3 N–H and O–H groups in total. The highest BCUT2D eigenvalue weighted by molar-refractivity contribution is 5.84. The molecule has 100 valence electrons.